The molecule has 8 heteroatoms. The summed E-state index contributed by atoms with van der Waals surface area (Å²) >= 11 is 3.30. The first-order valence-electron chi connectivity index (χ1n) is 6.54. The highest BCUT2D eigenvalue weighted by Gasteiger charge is 2.23. The van der Waals surface area contributed by atoms with E-state index >= 15 is 0 Å². The van der Waals surface area contributed by atoms with Gasteiger partial charge in [-0.1, -0.05) is 17.7 Å². The molecule has 2 aromatic rings. The highest BCUT2D eigenvalue weighted by atomic mass is 79.9. The Balaban J connectivity index is 2.53. The lowest BCUT2D eigenvalue weighted by atomic mass is 10.2. The van der Waals surface area contributed by atoms with Gasteiger partial charge in [0.2, 0.25) is 6.54 Å². The molecule has 2 rings (SSSR count). The van der Waals surface area contributed by atoms with Crippen LogP contribution < -0.4 is 0 Å². The molecule has 0 aliphatic rings. The first-order valence-corrected chi connectivity index (χ1v) is 8.77. The van der Waals surface area contributed by atoms with Gasteiger partial charge in [0.05, 0.1) is 11.3 Å². The first kappa shape index (κ1) is 16.7. The fraction of sp³-hybridized carbons (Fsp3) is 0.286. The van der Waals surface area contributed by atoms with Gasteiger partial charge < -0.3 is 0 Å². The summed E-state index contributed by atoms with van der Waals surface area (Å²) < 4.78 is 27.2. The van der Waals surface area contributed by atoms with Crippen LogP contribution in [0.4, 0.5) is 0 Å². The molecule has 0 N–H and O–H groups in total. The third-order valence-electron chi connectivity index (χ3n) is 3.40. The topological polar surface area (TPSA) is 82.2 Å². The van der Waals surface area contributed by atoms with E-state index in [-0.39, 0.29) is 17.9 Å². The summed E-state index contributed by atoms with van der Waals surface area (Å²) in [6.07, 6.45) is 1.50. The molecule has 6 nitrogen and oxygen atoms in total. The van der Waals surface area contributed by atoms with Gasteiger partial charge in [-0.05, 0) is 47.5 Å². The number of hydrogen-bond donors (Lipinski definition) is 0. The van der Waals surface area contributed by atoms with Gasteiger partial charge in [-0.3, -0.25) is 10.1 Å². The summed E-state index contributed by atoms with van der Waals surface area (Å²) in [6.45, 7) is 3.29. The van der Waals surface area contributed by atoms with E-state index in [4.69, 9.17) is 0 Å². The zero-order valence-corrected chi connectivity index (χ0v) is 14.5. The van der Waals surface area contributed by atoms with Gasteiger partial charge in [0.25, 0.3) is 10.0 Å². The Bertz CT molecular complexity index is 810. The van der Waals surface area contributed by atoms with E-state index in [2.05, 4.69) is 15.9 Å². The van der Waals surface area contributed by atoms with E-state index in [0.29, 0.717) is 15.7 Å². The molecule has 0 bridgehead atoms. The minimum atomic E-state index is -3.77. The molecule has 1 heterocycles. The Morgan fingerprint density at radius 1 is 1.23 bits per heavy atom. The van der Waals surface area contributed by atoms with Gasteiger partial charge in [0.15, 0.2) is 0 Å². The number of benzene rings is 1. The number of aromatic nitrogens is 1. The summed E-state index contributed by atoms with van der Waals surface area (Å²) in [7, 11) is -3.77. The molecule has 0 saturated carbocycles. The minimum absolute atomic E-state index is 0.0511. The quantitative estimate of drug-likeness (QED) is 0.584. The van der Waals surface area contributed by atoms with Gasteiger partial charge >= 0.3 is 0 Å². The number of nitrogens with zero attached hydrogens (tertiary/aromatic N) is 2. The monoisotopic (exact) mass is 386 g/mol. The van der Waals surface area contributed by atoms with E-state index in [1.807, 2.05) is 6.92 Å². The van der Waals surface area contributed by atoms with Crippen LogP contribution in [0.1, 0.15) is 16.8 Å². The second kappa shape index (κ2) is 6.21. The van der Waals surface area contributed by atoms with Gasteiger partial charge in [0.1, 0.15) is 0 Å². The van der Waals surface area contributed by atoms with Crippen molar-refractivity contribution in [2.75, 3.05) is 6.54 Å². The summed E-state index contributed by atoms with van der Waals surface area (Å²) in [5.74, 6) is 0. The molecular formula is C14H15BrN2O4S. The third-order valence-corrected chi connectivity index (χ3v) is 5.91. The SMILES string of the molecule is Cc1ccc(S(=O)(=O)n2cc(Br)c(C)c2CC[N+](=O)[O-])cc1. The van der Waals surface area contributed by atoms with Crippen LogP contribution in [-0.4, -0.2) is 23.9 Å². The molecule has 0 aliphatic heterocycles. The third kappa shape index (κ3) is 3.22. The van der Waals surface area contributed by atoms with Crippen molar-refractivity contribution in [3.8, 4) is 0 Å². The number of aryl methyl sites for hydroxylation is 1. The molecule has 0 unspecified atom stereocenters. The Morgan fingerprint density at radius 3 is 2.36 bits per heavy atom. The molecule has 1 aromatic carbocycles. The van der Waals surface area contributed by atoms with Crippen molar-refractivity contribution < 1.29 is 13.3 Å². The number of hydrogen-bond acceptors (Lipinski definition) is 4. The number of halogens is 1. The van der Waals surface area contributed by atoms with Crippen LogP contribution >= 0.6 is 15.9 Å². The van der Waals surface area contributed by atoms with Crippen LogP contribution in [0.5, 0.6) is 0 Å². The van der Waals surface area contributed by atoms with E-state index < -0.39 is 14.9 Å². The maximum Gasteiger partial charge on any atom is 0.267 e. The van der Waals surface area contributed by atoms with Gasteiger partial charge in [-0.2, -0.15) is 0 Å². The number of rotatable bonds is 5. The largest absolute Gasteiger partial charge is 0.267 e. The van der Waals surface area contributed by atoms with Gasteiger partial charge in [-0.15, -0.1) is 0 Å². The van der Waals surface area contributed by atoms with E-state index in [0.717, 1.165) is 9.54 Å². The maximum atomic E-state index is 12.7. The molecule has 0 saturated heterocycles. The highest BCUT2D eigenvalue weighted by molar-refractivity contribution is 9.10. The molecule has 0 spiro atoms. The fourth-order valence-corrected chi connectivity index (χ4v) is 4.15. The summed E-state index contributed by atoms with van der Waals surface area (Å²) in [6, 6.07) is 6.50. The normalized spacial score (nSPS) is 11.6. The van der Waals surface area contributed by atoms with E-state index in [1.165, 1.54) is 18.3 Å². The Morgan fingerprint density at radius 2 is 1.82 bits per heavy atom. The van der Waals surface area contributed by atoms with Crippen molar-refractivity contribution in [3.63, 3.8) is 0 Å². The van der Waals surface area contributed by atoms with Crippen LogP contribution in [0.25, 0.3) is 0 Å². The highest BCUT2D eigenvalue weighted by Crippen LogP contribution is 2.27. The predicted octanol–water partition coefficient (Wildman–Crippen LogP) is 2.92. The average Bonchev–Trinajstić information content (AvgIpc) is 2.73. The zero-order valence-electron chi connectivity index (χ0n) is 12.1. The molecule has 22 heavy (non-hydrogen) atoms. The summed E-state index contributed by atoms with van der Waals surface area (Å²) in [5, 5.41) is 10.6. The molecule has 0 aliphatic carbocycles. The Labute approximate surface area is 137 Å². The average molecular weight is 387 g/mol. The predicted molar refractivity (Wildman–Crippen MR) is 86.2 cm³/mol. The lowest BCUT2D eigenvalue weighted by molar-refractivity contribution is -0.479. The molecule has 118 valence electrons. The lowest BCUT2D eigenvalue weighted by Gasteiger charge is -2.10. The van der Waals surface area contributed by atoms with Crippen LogP contribution in [0, 0.1) is 24.0 Å². The van der Waals surface area contributed by atoms with Crippen molar-refractivity contribution in [3.05, 3.63) is 61.9 Å². The van der Waals surface area contributed by atoms with Crippen LogP contribution in [0.2, 0.25) is 0 Å². The van der Waals surface area contributed by atoms with Gasteiger partial charge in [0, 0.05) is 21.3 Å². The number of nitro groups is 1. The smallest absolute Gasteiger partial charge is 0.265 e. The Hall–Kier alpha value is -1.67. The zero-order chi connectivity index (χ0) is 16.5. The fourth-order valence-electron chi connectivity index (χ4n) is 2.11. The maximum absolute atomic E-state index is 12.7. The van der Waals surface area contributed by atoms with Crippen LogP contribution in [-0.2, 0) is 16.4 Å². The standard InChI is InChI=1S/C14H15BrN2O4S/c1-10-3-5-12(6-4-10)22(20,21)16-9-13(15)11(2)14(16)7-8-17(18)19/h3-6,9H,7-8H2,1-2H3. The minimum Gasteiger partial charge on any atom is -0.265 e. The van der Waals surface area contributed by atoms with Crippen molar-refractivity contribution in [1.82, 2.24) is 3.97 Å². The van der Waals surface area contributed by atoms with Crippen LogP contribution in [0.15, 0.2) is 39.8 Å². The molecule has 0 radical (unpaired) electrons. The van der Waals surface area contributed by atoms with Crippen LogP contribution in [0.3, 0.4) is 0 Å². The molecule has 0 atom stereocenters. The van der Waals surface area contributed by atoms with Crippen molar-refractivity contribution >= 4 is 26.0 Å². The second-order valence-corrected chi connectivity index (χ2v) is 7.64. The summed E-state index contributed by atoms with van der Waals surface area (Å²) in [5.41, 5.74) is 2.07. The molecule has 1 aromatic heterocycles. The van der Waals surface area contributed by atoms with E-state index in [1.54, 1.807) is 19.1 Å². The van der Waals surface area contributed by atoms with E-state index in [9.17, 15) is 18.5 Å². The molecule has 0 fully saturated rings. The van der Waals surface area contributed by atoms with Gasteiger partial charge in [-0.25, -0.2) is 12.4 Å². The molecule has 0 amide bonds. The Kier molecular flexibility index (Phi) is 4.72. The van der Waals surface area contributed by atoms with Crippen molar-refractivity contribution in [2.45, 2.75) is 25.2 Å². The van der Waals surface area contributed by atoms with Crippen molar-refractivity contribution in [1.29, 1.82) is 0 Å². The first-order chi connectivity index (χ1) is 10.2. The molecular weight excluding hydrogens is 372 g/mol. The second-order valence-electron chi connectivity index (χ2n) is 4.97. The summed E-state index contributed by atoms with van der Waals surface area (Å²) in [4.78, 5) is 10.3. The lowest BCUT2D eigenvalue weighted by Crippen LogP contribution is -2.17. The van der Waals surface area contributed by atoms with Crippen molar-refractivity contribution in [2.24, 2.45) is 0 Å².